The molecule has 1 aliphatic carbocycles. The minimum Gasteiger partial charge on any atom is -0.484 e. The number of nitrogens with one attached hydrogen (secondary N) is 2. The Morgan fingerprint density at radius 2 is 1.95 bits per heavy atom. The van der Waals surface area contributed by atoms with Gasteiger partial charge in [0.2, 0.25) is 5.91 Å². The van der Waals surface area contributed by atoms with Gasteiger partial charge in [-0.15, -0.1) is 0 Å². The lowest BCUT2D eigenvalue weighted by Gasteiger charge is -2.09. The van der Waals surface area contributed by atoms with Crippen LogP contribution in [0.2, 0.25) is 0 Å². The summed E-state index contributed by atoms with van der Waals surface area (Å²) in [4.78, 5) is 22.7. The van der Waals surface area contributed by atoms with Gasteiger partial charge in [0.15, 0.2) is 6.61 Å². The molecule has 0 unspecified atom stereocenters. The molecule has 5 nitrogen and oxygen atoms in total. The Bertz CT molecular complexity index is 500. The maximum atomic E-state index is 11.5. The molecule has 0 radical (unpaired) electrons. The number of carbonyl (C=O) groups is 2. The molecule has 0 saturated heterocycles. The molecule has 2 amide bonds. The Labute approximate surface area is 118 Å². The van der Waals surface area contributed by atoms with Crippen LogP contribution in [-0.2, 0) is 22.4 Å². The second-order valence-corrected chi connectivity index (χ2v) is 4.80. The molecule has 0 atom stereocenters. The van der Waals surface area contributed by atoms with Crippen LogP contribution in [0.25, 0.3) is 0 Å². The number of ether oxygens (including phenoxy) is 1. The van der Waals surface area contributed by atoms with Crippen molar-refractivity contribution >= 4 is 11.8 Å². The molecule has 0 aliphatic heterocycles. The molecule has 0 saturated carbocycles. The van der Waals surface area contributed by atoms with E-state index in [0.29, 0.717) is 12.3 Å². The van der Waals surface area contributed by atoms with Crippen molar-refractivity contribution in [3.63, 3.8) is 0 Å². The fraction of sp³-hybridized carbons (Fsp3) is 0.467. The van der Waals surface area contributed by atoms with E-state index in [0.717, 1.165) is 12.8 Å². The number of hydrogen-bond acceptors (Lipinski definition) is 3. The highest BCUT2D eigenvalue weighted by Gasteiger charge is 2.12. The van der Waals surface area contributed by atoms with Gasteiger partial charge in [0, 0.05) is 6.54 Å². The first-order valence-electron chi connectivity index (χ1n) is 6.97. The van der Waals surface area contributed by atoms with E-state index in [2.05, 4.69) is 16.7 Å². The topological polar surface area (TPSA) is 67.4 Å². The Morgan fingerprint density at radius 3 is 2.75 bits per heavy atom. The van der Waals surface area contributed by atoms with E-state index in [4.69, 9.17) is 4.74 Å². The molecular weight excluding hydrogens is 256 g/mol. The van der Waals surface area contributed by atoms with Crippen molar-refractivity contribution in [2.45, 2.75) is 26.2 Å². The van der Waals surface area contributed by atoms with Gasteiger partial charge in [-0.2, -0.15) is 0 Å². The molecule has 2 N–H and O–H groups in total. The zero-order valence-electron chi connectivity index (χ0n) is 11.7. The Kier molecular flexibility index (Phi) is 4.98. The molecular formula is C15H20N2O3. The second kappa shape index (κ2) is 6.93. The van der Waals surface area contributed by atoms with Gasteiger partial charge in [0.1, 0.15) is 5.75 Å². The number of fused-ring (bicyclic) bond motifs is 1. The zero-order valence-corrected chi connectivity index (χ0v) is 11.7. The van der Waals surface area contributed by atoms with Gasteiger partial charge in [0.05, 0.1) is 6.54 Å². The summed E-state index contributed by atoms with van der Waals surface area (Å²) in [6.07, 6.45) is 3.39. The molecule has 1 aromatic carbocycles. The number of likely N-dealkylation sites (N-methyl/N-ethyl adjacent to an activating group) is 1. The highest BCUT2D eigenvalue weighted by molar-refractivity contribution is 5.85. The van der Waals surface area contributed by atoms with Crippen LogP contribution in [0.1, 0.15) is 24.5 Å². The van der Waals surface area contributed by atoms with Gasteiger partial charge >= 0.3 is 0 Å². The van der Waals surface area contributed by atoms with E-state index in [1.165, 1.54) is 17.5 Å². The first-order chi connectivity index (χ1) is 9.69. The third-order valence-corrected chi connectivity index (χ3v) is 3.26. The van der Waals surface area contributed by atoms with Gasteiger partial charge < -0.3 is 15.4 Å². The van der Waals surface area contributed by atoms with Crippen LogP contribution in [0.4, 0.5) is 0 Å². The molecule has 0 aromatic heterocycles. The first kappa shape index (κ1) is 14.4. The van der Waals surface area contributed by atoms with Crippen LogP contribution in [0.15, 0.2) is 18.2 Å². The fourth-order valence-corrected chi connectivity index (χ4v) is 2.28. The molecule has 2 rings (SSSR count). The third-order valence-electron chi connectivity index (χ3n) is 3.26. The SMILES string of the molecule is CCNC(=O)CNC(=O)COc1ccc2c(c1)CCC2. The quantitative estimate of drug-likeness (QED) is 0.808. The minimum absolute atomic E-state index is 0.0137. The van der Waals surface area contributed by atoms with Gasteiger partial charge in [0.25, 0.3) is 5.91 Å². The maximum Gasteiger partial charge on any atom is 0.258 e. The summed E-state index contributed by atoms with van der Waals surface area (Å²) in [5.74, 6) is 0.217. The van der Waals surface area contributed by atoms with Gasteiger partial charge in [-0.05, 0) is 49.4 Å². The number of aryl methyl sites for hydroxylation is 2. The fourth-order valence-electron chi connectivity index (χ4n) is 2.28. The van der Waals surface area contributed by atoms with Crippen LogP contribution in [0, 0.1) is 0 Å². The molecule has 0 fully saturated rings. The highest BCUT2D eigenvalue weighted by Crippen LogP contribution is 2.25. The summed E-state index contributed by atoms with van der Waals surface area (Å²) in [5, 5.41) is 5.12. The van der Waals surface area contributed by atoms with Crippen molar-refractivity contribution < 1.29 is 14.3 Å². The van der Waals surface area contributed by atoms with Crippen molar-refractivity contribution in [1.29, 1.82) is 0 Å². The summed E-state index contributed by atoms with van der Waals surface area (Å²) in [6, 6.07) is 5.95. The molecule has 0 heterocycles. The van der Waals surface area contributed by atoms with Gasteiger partial charge in [-0.1, -0.05) is 6.07 Å². The monoisotopic (exact) mass is 276 g/mol. The predicted octanol–water partition coefficient (Wildman–Crippen LogP) is 0.806. The largest absolute Gasteiger partial charge is 0.484 e. The van der Waals surface area contributed by atoms with Crippen molar-refractivity contribution in [3.05, 3.63) is 29.3 Å². The van der Waals surface area contributed by atoms with Crippen molar-refractivity contribution in [1.82, 2.24) is 10.6 Å². The number of benzene rings is 1. The highest BCUT2D eigenvalue weighted by atomic mass is 16.5. The number of hydrogen-bond donors (Lipinski definition) is 2. The molecule has 0 bridgehead atoms. The molecule has 1 aliphatic rings. The Hall–Kier alpha value is -2.04. The normalized spacial score (nSPS) is 12.7. The van der Waals surface area contributed by atoms with Gasteiger partial charge in [-0.3, -0.25) is 9.59 Å². The summed E-state index contributed by atoms with van der Waals surface area (Å²) < 4.78 is 5.44. The van der Waals surface area contributed by atoms with Crippen LogP contribution in [0.5, 0.6) is 5.75 Å². The average molecular weight is 276 g/mol. The minimum atomic E-state index is -0.295. The van der Waals surface area contributed by atoms with E-state index in [1.54, 1.807) is 0 Å². The summed E-state index contributed by atoms with van der Waals surface area (Å²) >= 11 is 0. The molecule has 0 spiro atoms. The summed E-state index contributed by atoms with van der Waals surface area (Å²) in [5.41, 5.74) is 2.68. The van der Waals surface area contributed by atoms with Crippen LogP contribution in [-0.4, -0.2) is 31.5 Å². The molecule has 1 aromatic rings. The standard InChI is InChI=1S/C15H20N2O3/c1-2-16-14(18)9-17-15(19)10-20-13-7-6-11-4-3-5-12(11)8-13/h6-8H,2-5,9-10H2,1H3,(H,16,18)(H,17,19). The van der Waals surface area contributed by atoms with E-state index in [1.807, 2.05) is 19.1 Å². The van der Waals surface area contributed by atoms with Crippen LogP contribution < -0.4 is 15.4 Å². The smallest absolute Gasteiger partial charge is 0.258 e. The first-order valence-corrected chi connectivity index (χ1v) is 6.97. The molecule has 20 heavy (non-hydrogen) atoms. The number of rotatable bonds is 6. The lowest BCUT2D eigenvalue weighted by atomic mass is 10.1. The summed E-state index contributed by atoms with van der Waals surface area (Å²) in [6.45, 7) is 2.30. The number of amides is 2. The zero-order chi connectivity index (χ0) is 14.4. The average Bonchev–Trinajstić information content (AvgIpc) is 2.90. The lowest BCUT2D eigenvalue weighted by Crippen LogP contribution is -2.38. The van der Waals surface area contributed by atoms with E-state index in [-0.39, 0.29) is 25.0 Å². The Morgan fingerprint density at radius 1 is 1.15 bits per heavy atom. The predicted molar refractivity (Wildman–Crippen MR) is 75.7 cm³/mol. The maximum absolute atomic E-state index is 11.5. The van der Waals surface area contributed by atoms with Crippen molar-refractivity contribution in [2.75, 3.05) is 19.7 Å². The van der Waals surface area contributed by atoms with Crippen LogP contribution >= 0.6 is 0 Å². The summed E-state index contributed by atoms with van der Waals surface area (Å²) in [7, 11) is 0. The lowest BCUT2D eigenvalue weighted by molar-refractivity contribution is -0.127. The van der Waals surface area contributed by atoms with E-state index in [9.17, 15) is 9.59 Å². The van der Waals surface area contributed by atoms with Crippen LogP contribution in [0.3, 0.4) is 0 Å². The van der Waals surface area contributed by atoms with Crippen molar-refractivity contribution in [3.8, 4) is 5.75 Å². The van der Waals surface area contributed by atoms with Crippen molar-refractivity contribution in [2.24, 2.45) is 0 Å². The second-order valence-electron chi connectivity index (χ2n) is 4.80. The molecule has 5 heteroatoms. The Balaban J connectivity index is 1.74. The third kappa shape index (κ3) is 3.98. The van der Waals surface area contributed by atoms with E-state index >= 15 is 0 Å². The molecule has 108 valence electrons. The van der Waals surface area contributed by atoms with E-state index < -0.39 is 0 Å². The number of carbonyl (C=O) groups excluding carboxylic acids is 2. The van der Waals surface area contributed by atoms with Gasteiger partial charge in [-0.25, -0.2) is 0 Å².